The average molecular weight is 279 g/mol. The van der Waals surface area contributed by atoms with Crippen LogP contribution in [0.25, 0.3) is 0 Å². The molecule has 0 saturated carbocycles. The van der Waals surface area contributed by atoms with Crippen molar-refractivity contribution < 1.29 is 15.1 Å². The van der Waals surface area contributed by atoms with Gasteiger partial charge in [0, 0.05) is 23.7 Å². The molecule has 1 saturated heterocycles. The van der Waals surface area contributed by atoms with Gasteiger partial charge in [-0.25, -0.2) is 0 Å². The molecule has 1 unspecified atom stereocenters. The molecule has 1 aromatic rings. The summed E-state index contributed by atoms with van der Waals surface area (Å²) >= 11 is 0. The van der Waals surface area contributed by atoms with Gasteiger partial charge in [0.2, 0.25) is 0 Å². The molecule has 0 spiro atoms. The number of hydrogen-bond acceptors (Lipinski definition) is 5. The number of benzene rings is 1. The quantitative estimate of drug-likeness (QED) is 0.320. The van der Waals surface area contributed by atoms with Crippen molar-refractivity contribution in [3.8, 4) is 5.75 Å². The predicted octanol–water partition coefficient (Wildman–Crippen LogP) is 0.746. The molecular formula is C14H21N3O3. The highest BCUT2D eigenvalue weighted by Crippen LogP contribution is 2.25. The number of rotatable bonds is 5. The maximum Gasteiger partial charge on any atom is 0.170 e. The zero-order valence-electron chi connectivity index (χ0n) is 11.6. The zero-order chi connectivity index (χ0) is 14.5. The van der Waals surface area contributed by atoms with Gasteiger partial charge < -0.3 is 20.8 Å². The number of oxime groups is 1. The summed E-state index contributed by atoms with van der Waals surface area (Å²) in [5, 5.41) is 21.2. The second kappa shape index (κ2) is 6.58. The number of aliphatic hydroxyl groups is 1. The van der Waals surface area contributed by atoms with Crippen LogP contribution < -0.4 is 10.5 Å². The van der Waals surface area contributed by atoms with E-state index in [0.717, 1.165) is 30.7 Å². The van der Waals surface area contributed by atoms with Gasteiger partial charge in [-0.05, 0) is 37.6 Å². The summed E-state index contributed by atoms with van der Waals surface area (Å²) in [6.07, 6.45) is 2.10. The van der Waals surface area contributed by atoms with Gasteiger partial charge in [-0.15, -0.1) is 0 Å². The van der Waals surface area contributed by atoms with Gasteiger partial charge in [0.15, 0.2) is 5.84 Å². The molecule has 110 valence electrons. The second-order valence-corrected chi connectivity index (χ2v) is 4.96. The summed E-state index contributed by atoms with van der Waals surface area (Å²) in [6.45, 7) is 1.81. The number of likely N-dealkylation sites (tertiary alicyclic amines) is 1. The SMILES string of the molecule is COc1ccc(/C(N)=N/O)cc1CN1CCCC1CO. The maximum atomic E-state index is 9.38. The van der Waals surface area contributed by atoms with Crippen molar-refractivity contribution in [2.45, 2.75) is 25.4 Å². The van der Waals surface area contributed by atoms with E-state index in [1.54, 1.807) is 13.2 Å². The van der Waals surface area contributed by atoms with Gasteiger partial charge in [-0.1, -0.05) is 5.16 Å². The molecule has 20 heavy (non-hydrogen) atoms. The molecule has 1 atom stereocenters. The van der Waals surface area contributed by atoms with Crippen LogP contribution in [-0.4, -0.2) is 47.4 Å². The van der Waals surface area contributed by atoms with Crippen molar-refractivity contribution in [1.82, 2.24) is 4.90 Å². The van der Waals surface area contributed by atoms with E-state index in [4.69, 9.17) is 15.7 Å². The Hall–Kier alpha value is -1.79. The van der Waals surface area contributed by atoms with Gasteiger partial charge >= 0.3 is 0 Å². The second-order valence-electron chi connectivity index (χ2n) is 4.96. The van der Waals surface area contributed by atoms with Crippen LogP contribution in [0.1, 0.15) is 24.0 Å². The molecule has 1 aliphatic rings. The van der Waals surface area contributed by atoms with E-state index < -0.39 is 0 Å². The molecule has 6 nitrogen and oxygen atoms in total. The summed E-state index contributed by atoms with van der Waals surface area (Å²) in [7, 11) is 1.62. The minimum atomic E-state index is 0.0778. The first kappa shape index (κ1) is 14.6. The predicted molar refractivity (Wildman–Crippen MR) is 76.0 cm³/mol. The lowest BCUT2D eigenvalue weighted by Crippen LogP contribution is -2.31. The Bertz CT molecular complexity index is 491. The monoisotopic (exact) mass is 279 g/mol. The first-order valence-electron chi connectivity index (χ1n) is 6.69. The van der Waals surface area contributed by atoms with Crippen LogP contribution in [-0.2, 0) is 6.54 Å². The lowest BCUT2D eigenvalue weighted by atomic mass is 10.1. The van der Waals surface area contributed by atoms with Crippen molar-refractivity contribution in [3.63, 3.8) is 0 Å². The highest BCUT2D eigenvalue weighted by Gasteiger charge is 2.24. The molecular weight excluding hydrogens is 258 g/mol. The summed E-state index contributed by atoms with van der Waals surface area (Å²) in [6, 6.07) is 5.63. The smallest absolute Gasteiger partial charge is 0.170 e. The Morgan fingerprint density at radius 3 is 3.00 bits per heavy atom. The van der Waals surface area contributed by atoms with Crippen LogP contribution >= 0.6 is 0 Å². The van der Waals surface area contributed by atoms with E-state index in [1.807, 2.05) is 12.1 Å². The lowest BCUT2D eigenvalue weighted by molar-refractivity contribution is 0.152. The fourth-order valence-electron chi connectivity index (χ4n) is 2.65. The third-order valence-corrected chi connectivity index (χ3v) is 3.77. The van der Waals surface area contributed by atoms with Crippen molar-refractivity contribution in [3.05, 3.63) is 29.3 Å². The number of methoxy groups -OCH3 is 1. The van der Waals surface area contributed by atoms with E-state index in [2.05, 4.69) is 10.1 Å². The number of aliphatic hydroxyl groups excluding tert-OH is 1. The standard InChI is InChI=1S/C14H21N3O3/c1-20-13-5-4-10(14(15)16-19)7-11(13)8-17-6-2-3-12(17)9-18/h4-5,7,12,18-19H,2-3,6,8-9H2,1H3,(H2,15,16). The van der Waals surface area contributed by atoms with Crippen LogP contribution in [0.5, 0.6) is 5.75 Å². The van der Waals surface area contributed by atoms with Gasteiger partial charge in [0.05, 0.1) is 13.7 Å². The van der Waals surface area contributed by atoms with E-state index in [-0.39, 0.29) is 18.5 Å². The Morgan fingerprint density at radius 2 is 2.35 bits per heavy atom. The third-order valence-electron chi connectivity index (χ3n) is 3.77. The molecule has 1 heterocycles. The zero-order valence-corrected chi connectivity index (χ0v) is 11.6. The highest BCUT2D eigenvalue weighted by atomic mass is 16.5. The van der Waals surface area contributed by atoms with E-state index >= 15 is 0 Å². The molecule has 4 N–H and O–H groups in total. The van der Waals surface area contributed by atoms with Crippen LogP contribution in [0, 0.1) is 0 Å². The number of ether oxygens (including phenoxy) is 1. The van der Waals surface area contributed by atoms with Crippen molar-refractivity contribution >= 4 is 5.84 Å². The minimum Gasteiger partial charge on any atom is -0.496 e. The molecule has 1 aromatic carbocycles. The summed E-state index contributed by atoms with van der Waals surface area (Å²) in [5.41, 5.74) is 7.25. The van der Waals surface area contributed by atoms with Crippen molar-refractivity contribution in [2.24, 2.45) is 10.9 Å². The molecule has 1 aliphatic heterocycles. The van der Waals surface area contributed by atoms with Gasteiger partial charge in [-0.3, -0.25) is 4.90 Å². The maximum absolute atomic E-state index is 9.38. The molecule has 0 amide bonds. The third kappa shape index (κ3) is 3.02. The summed E-state index contributed by atoms with van der Waals surface area (Å²) < 4.78 is 5.36. The van der Waals surface area contributed by atoms with Gasteiger partial charge in [0.25, 0.3) is 0 Å². The van der Waals surface area contributed by atoms with Gasteiger partial charge in [-0.2, -0.15) is 0 Å². The Morgan fingerprint density at radius 1 is 1.55 bits per heavy atom. The van der Waals surface area contributed by atoms with E-state index in [0.29, 0.717) is 12.1 Å². The van der Waals surface area contributed by atoms with E-state index in [1.165, 1.54) is 0 Å². The Kier molecular flexibility index (Phi) is 4.81. The molecule has 0 bridgehead atoms. The lowest BCUT2D eigenvalue weighted by Gasteiger charge is -2.23. The summed E-state index contributed by atoms with van der Waals surface area (Å²) in [4.78, 5) is 2.23. The van der Waals surface area contributed by atoms with Crippen LogP contribution in [0.3, 0.4) is 0 Å². The normalized spacial score (nSPS) is 20.3. The molecule has 6 heteroatoms. The van der Waals surface area contributed by atoms with Crippen LogP contribution in [0.2, 0.25) is 0 Å². The van der Waals surface area contributed by atoms with Crippen LogP contribution in [0.15, 0.2) is 23.4 Å². The first-order valence-corrected chi connectivity index (χ1v) is 6.69. The Labute approximate surface area is 118 Å². The molecule has 2 rings (SSSR count). The average Bonchev–Trinajstić information content (AvgIpc) is 2.93. The van der Waals surface area contributed by atoms with Crippen molar-refractivity contribution in [1.29, 1.82) is 0 Å². The number of amidine groups is 1. The largest absolute Gasteiger partial charge is 0.496 e. The van der Waals surface area contributed by atoms with Gasteiger partial charge in [0.1, 0.15) is 5.75 Å². The van der Waals surface area contributed by atoms with Crippen LogP contribution in [0.4, 0.5) is 0 Å². The Balaban J connectivity index is 2.24. The minimum absolute atomic E-state index is 0.0778. The molecule has 0 aromatic heterocycles. The van der Waals surface area contributed by atoms with Crippen molar-refractivity contribution in [2.75, 3.05) is 20.3 Å². The first-order chi connectivity index (χ1) is 9.69. The number of nitrogens with two attached hydrogens (primary N) is 1. The summed E-state index contributed by atoms with van der Waals surface area (Å²) in [5.74, 6) is 0.845. The highest BCUT2D eigenvalue weighted by molar-refractivity contribution is 5.97. The fourth-order valence-corrected chi connectivity index (χ4v) is 2.65. The molecule has 1 fully saturated rings. The number of hydrogen-bond donors (Lipinski definition) is 3. The molecule has 0 aliphatic carbocycles. The number of nitrogens with zero attached hydrogens (tertiary/aromatic N) is 2. The topological polar surface area (TPSA) is 91.3 Å². The van der Waals surface area contributed by atoms with E-state index in [9.17, 15) is 5.11 Å². The fraction of sp³-hybridized carbons (Fsp3) is 0.500. The molecule has 0 radical (unpaired) electrons.